The third-order valence-corrected chi connectivity index (χ3v) is 3.18. The lowest BCUT2D eigenvalue weighted by Crippen LogP contribution is -2.28. The molecular weight excluding hydrogens is 174 g/mol. The molecule has 0 heterocycles. The molecule has 0 rings (SSSR count). The molecule has 3 unspecified atom stereocenters. The van der Waals surface area contributed by atoms with Gasteiger partial charge in [-0.25, -0.2) is 0 Å². The van der Waals surface area contributed by atoms with Crippen LogP contribution in [0.4, 0.5) is 0 Å². The minimum absolute atomic E-state index is 0.307. The van der Waals surface area contributed by atoms with Gasteiger partial charge in [0.1, 0.15) is 5.78 Å². The lowest BCUT2D eigenvalue weighted by atomic mass is 9.86. The summed E-state index contributed by atoms with van der Waals surface area (Å²) in [5.41, 5.74) is 0. The Kier molecular flexibility index (Phi) is 6.01. The summed E-state index contributed by atoms with van der Waals surface area (Å²) >= 11 is 0. The Balaban J connectivity index is 3.94. The molecule has 0 saturated heterocycles. The molecule has 2 heteroatoms. The third kappa shape index (κ3) is 5.38. The molecule has 0 N–H and O–H groups in total. The molecule has 3 atom stereocenters. The quantitative estimate of drug-likeness (QED) is 0.655. The molecule has 2 nitrogen and oxygen atoms in total. The Bertz CT molecular complexity index is 177. The van der Waals surface area contributed by atoms with Crippen LogP contribution in [0.3, 0.4) is 0 Å². The molecule has 0 radical (unpaired) electrons. The van der Waals surface area contributed by atoms with E-state index in [0.29, 0.717) is 23.7 Å². The zero-order valence-electron chi connectivity index (χ0n) is 10.5. The number of Topliss-reactive ketones (excluding diaryl/α,β-unsaturated/α-hetero) is 1. The van der Waals surface area contributed by atoms with Crippen molar-refractivity contribution in [3.05, 3.63) is 0 Å². The number of carbonyl (C=O) groups excluding carboxylic acids is 1. The van der Waals surface area contributed by atoms with E-state index in [1.165, 1.54) is 6.42 Å². The first kappa shape index (κ1) is 13.6. The van der Waals surface area contributed by atoms with E-state index in [1.807, 2.05) is 0 Å². The van der Waals surface area contributed by atoms with Crippen molar-refractivity contribution in [1.29, 1.82) is 0 Å². The van der Waals surface area contributed by atoms with Crippen LogP contribution in [0.25, 0.3) is 0 Å². The van der Waals surface area contributed by atoms with E-state index in [-0.39, 0.29) is 0 Å². The summed E-state index contributed by atoms with van der Waals surface area (Å²) in [6.07, 6.45) is 1.89. The van der Waals surface area contributed by atoms with Gasteiger partial charge in [0, 0.05) is 12.5 Å². The van der Waals surface area contributed by atoms with Gasteiger partial charge in [-0.2, -0.15) is 0 Å². The highest BCUT2D eigenvalue weighted by atomic mass is 16.1. The van der Waals surface area contributed by atoms with Crippen LogP contribution in [0.5, 0.6) is 0 Å². The third-order valence-electron chi connectivity index (χ3n) is 3.18. The monoisotopic (exact) mass is 199 g/mol. The fourth-order valence-electron chi connectivity index (χ4n) is 1.64. The second-order valence-corrected chi connectivity index (χ2v) is 4.91. The fourth-order valence-corrected chi connectivity index (χ4v) is 1.64. The second kappa shape index (κ2) is 6.18. The maximum absolute atomic E-state index is 11.0. The van der Waals surface area contributed by atoms with Crippen LogP contribution in [-0.4, -0.2) is 30.8 Å². The summed E-state index contributed by atoms with van der Waals surface area (Å²) < 4.78 is 0. The van der Waals surface area contributed by atoms with E-state index in [1.54, 1.807) is 6.92 Å². The number of nitrogens with zero attached hydrogens (tertiary/aromatic N) is 1. The Morgan fingerprint density at radius 3 is 2.00 bits per heavy atom. The van der Waals surface area contributed by atoms with E-state index < -0.39 is 0 Å². The molecule has 0 fully saturated rings. The van der Waals surface area contributed by atoms with Gasteiger partial charge in [-0.1, -0.05) is 13.8 Å². The summed E-state index contributed by atoms with van der Waals surface area (Å²) in [5, 5.41) is 0. The van der Waals surface area contributed by atoms with Gasteiger partial charge in [0.15, 0.2) is 0 Å². The lowest BCUT2D eigenvalue weighted by molar-refractivity contribution is -0.118. The highest BCUT2D eigenvalue weighted by Crippen LogP contribution is 2.21. The Morgan fingerprint density at radius 2 is 1.64 bits per heavy atom. The molecule has 0 amide bonds. The predicted octanol–water partition coefficient (Wildman–Crippen LogP) is 2.58. The van der Waals surface area contributed by atoms with Crippen molar-refractivity contribution in [3.63, 3.8) is 0 Å². The highest BCUT2D eigenvalue weighted by Gasteiger charge is 2.17. The van der Waals surface area contributed by atoms with E-state index in [4.69, 9.17) is 0 Å². The number of carbonyl (C=O) groups is 1. The van der Waals surface area contributed by atoms with E-state index in [9.17, 15) is 4.79 Å². The summed E-state index contributed by atoms with van der Waals surface area (Å²) in [6, 6.07) is 0.597. The Labute approximate surface area is 88.7 Å². The van der Waals surface area contributed by atoms with Gasteiger partial charge in [-0.3, -0.25) is 0 Å². The Hall–Kier alpha value is -0.370. The van der Waals surface area contributed by atoms with Crippen LogP contribution in [-0.2, 0) is 4.79 Å². The van der Waals surface area contributed by atoms with Crippen molar-refractivity contribution in [1.82, 2.24) is 4.90 Å². The molecular formula is C12H25NO. The first-order valence-corrected chi connectivity index (χ1v) is 5.50. The average Bonchev–Trinajstić information content (AvgIpc) is 2.02. The van der Waals surface area contributed by atoms with Crippen LogP contribution < -0.4 is 0 Å². The van der Waals surface area contributed by atoms with E-state index in [2.05, 4.69) is 39.8 Å². The van der Waals surface area contributed by atoms with Gasteiger partial charge in [-0.05, 0) is 46.2 Å². The molecule has 14 heavy (non-hydrogen) atoms. The van der Waals surface area contributed by atoms with Gasteiger partial charge < -0.3 is 9.69 Å². The molecule has 0 aliphatic rings. The largest absolute Gasteiger partial charge is 0.307 e. The summed E-state index contributed by atoms with van der Waals surface area (Å²) in [7, 11) is 4.21. The topological polar surface area (TPSA) is 20.3 Å². The van der Waals surface area contributed by atoms with Crippen molar-refractivity contribution < 1.29 is 4.79 Å². The molecule has 0 aromatic heterocycles. The Morgan fingerprint density at radius 1 is 1.14 bits per heavy atom. The van der Waals surface area contributed by atoms with Gasteiger partial charge in [0.25, 0.3) is 0 Å². The number of ketones is 1. The minimum Gasteiger partial charge on any atom is -0.307 e. The van der Waals surface area contributed by atoms with Gasteiger partial charge in [0.05, 0.1) is 0 Å². The number of hydrogen-bond acceptors (Lipinski definition) is 2. The smallest absolute Gasteiger partial charge is 0.130 e. The summed E-state index contributed by atoms with van der Waals surface area (Å²) in [4.78, 5) is 13.2. The minimum atomic E-state index is 0.307. The van der Waals surface area contributed by atoms with Crippen LogP contribution in [0.2, 0.25) is 0 Å². The second-order valence-electron chi connectivity index (χ2n) is 4.91. The van der Waals surface area contributed by atoms with Gasteiger partial charge >= 0.3 is 0 Å². The zero-order valence-corrected chi connectivity index (χ0v) is 10.5. The van der Waals surface area contributed by atoms with Gasteiger partial charge in [-0.15, -0.1) is 0 Å². The summed E-state index contributed by atoms with van der Waals surface area (Å²) in [5.74, 6) is 1.44. The van der Waals surface area contributed by atoms with Crippen molar-refractivity contribution in [2.24, 2.45) is 11.8 Å². The SMILES string of the molecule is CC(=O)CC(C)C(C)CC(C)N(C)C. The molecule has 84 valence electrons. The van der Waals surface area contributed by atoms with Crippen molar-refractivity contribution in [2.45, 2.75) is 46.6 Å². The molecule has 0 aliphatic carbocycles. The van der Waals surface area contributed by atoms with Crippen molar-refractivity contribution in [2.75, 3.05) is 14.1 Å². The fraction of sp³-hybridized carbons (Fsp3) is 0.917. The van der Waals surface area contributed by atoms with Crippen molar-refractivity contribution >= 4 is 5.78 Å². The molecule has 0 aromatic rings. The van der Waals surface area contributed by atoms with Crippen LogP contribution in [0.15, 0.2) is 0 Å². The van der Waals surface area contributed by atoms with E-state index in [0.717, 1.165) is 6.42 Å². The number of hydrogen-bond donors (Lipinski definition) is 0. The molecule has 0 saturated carbocycles. The lowest BCUT2D eigenvalue weighted by Gasteiger charge is -2.26. The van der Waals surface area contributed by atoms with Crippen LogP contribution in [0, 0.1) is 11.8 Å². The summed E-state index contributed by atoms with van der Waals surface area (Å²) in [6.45, 7) is 8.33. The molecule has 0 spiro atoms. The first-order valence-electron chi connectivity index (χ1n) is 5.50. The maximum atomic E-state index is 11.0. The normalized spacial score (nSPS) is 17.9. The molecule has 0 bridgehead atoms. The molecule has 0 aliphatic heterocycles. The zero-order chi connectivity index (χ0) is 11.3. The average molecular weight is 199 g/mol. The maximum Gasteiger partial charge on any atom is 0.130 e. The van der Waals surface area contributed by atoms with Crippen LogP contribution >= 0.6 is 0 Å². The standard InChI is InChI=1S/C12H25NO/c1-9(7-11(3)13(5)6)10(2)8-12(4)14/h9-11H,7-8H2,1-6H3. The highest BCUT2D eigenvalue weighted by molar-refractivity contribution is 5.75. The predicted molar refractivity (Wildman–Crippen MR) is 61.4 cm³/mol. The van der Waals surface area contributed by atoms with Crippen molar-refractivity contribution in [3.8, 4) is 0 Å². The number of rotatable bonds is 6. The first-order chi connectivity index (χ1) is 6.34. The van der Waals surface area contributed by atoms with Gasteiger partial charge in [0.2, 0.25) is 0 Å². The van der Waals surface area contributed by atoms with Crippen LogP contribution in [0.1, 0.15) is 40.5 Å². The van der Waals surface area contributed by atoms with E-state index >= 15 is 0 Å². The molecule has 0 aromatic carbocycles.